The van der Waals surface area contributed by atoms with Gasteiger partial charge in [0.2, 0.25) is 5.91 Å². The molecule has 1 amide bonds. The molecule has 1 aromatic rings. The Morgan fingerprint density at radius 1 is 1.17 bits per heavy atom. The molecule has 2 aliphatic heterocycles. The van der Waals surface area contributed by atoms with Gasteiger partial charge in [0.25, 0.3) is 6.43 Å². The lowest BCUT2D eigenvalue weighted by Gasteiger charge is -2.40. The van der Waals surface area contributed by atoms with Gasteiger partial charge in [-0.1, -0.05) is 17.7 Å². The van der Waals surface area contributed by atoms with Crippen molar-refractivity contribution in [1.29, 1.82) is 5.26 Å². The largest absolute Gasteiger partial charge is 0.378 e. The fourth-order valence-electron chi connectivity index (χ4n) is 4.41. The lowest BCUT2D eigenvalue weighted by atomic mass is 9.99. The predicted octanol–water partition coefficient (Wildman–Crippen LogP) is 4.64. The number of anilines is 1. The number of piperazine rings is 1. The Morgan fingerprint density at radius 3 is 2.50 bits per heavy atom. The van der Waals surface area contributed by atoms with Crippen molar-refractivity contribution in [2.75, 3.05) is 45.1 Å². The first-order chi connectivity index (χ1) is 17.1. The first-order valence-electron chi connectivity index (χ1n) is 11.8. The maximum absolute atomic E-state index is 15.9. The number of hydrogen-bond donors (Lipinski definition) is 1. The first-order valence-corrected chi connectivity index (χ1v) is 11.8. The van der Waals surface area contributed by atoms with Crippen LogP contribution in [-0.2, 0) is 4.79 Å². The SMILES string of the molecule is CC1=C/CC(=O)N(C)/C(N2CCN(CC(F)F)CC2)=C(/F)C/C([C@@H](C)Nc2ccc(F)cc2C#N)=C\1. The molecule has 1 fully saturated rings. The van der Waals surface area contributed by atoms with Gasteiger partial charge in [-0.25, -0.2) is 17.6 Å². The van der Waals surface area contributed by atoms with Gasteiger partial charge in [-0.2, -0.15) is 5.26 Å². The summed E-state index contributed by atoms with van der Waals surface area (Å²) in [6.45, 7) is 4.62. The number of alkyl halides is 2. The summed E-state index contributed by atoms with van der Waals surface area (Å²) in [5, 5.41) is 12.5. The third-order valence-electron chi connectivity index (χ3n) is 6.40. The van der Waals surface area contributed by atoms with Crippen molar-refractivity contribution in [3.63, 3.8) is 0 Å². The van der Waals surface area contributed by atoms with Crippen LogP contribution in [0.25, 0.3) is 0 Å². The third-order valence-corrected chi connectivity index (χ3v) is 6.40. The number of rotatable bonds is 6. The number of halogens is 4. The average molecular weight is 506 g/mol. The Bertz CT molecular complexity index is 1100. The van der Waals surface area contributed by atoms with Gasteiger partial charge in [0.05, 0.1) is 17.8 Å². The molecule has 0 radical (unpaired) electrons. The molecular formula is C26H31F4N5O. The number of benzene rings is 1. The van der Waals surface area contributed by atoms with Gasteiger partial charge < -0.3 is 10.2 Å². The number of nitrogens with one attached hydrogen (secondary N) is 1. The standard InChI is InChI=1S/C26H31F4N5O/c1-17-4-7-25(36)33(3)26(35-10-8-34(9-11-35)16-24(29)30)22(28)14-19(12-17)18(2)32-23-6-5-21(27)13-20(23)15-31/h4-6,12-13,18,24,32H,7-11,14,16H2,1-3H3/b17-4-,19-12+,26-22-/t18-/m1/s1. The van der Waals surface area contributed by atoms with Crippen molar-refractivity contribution in [3.8, 4) is 6.07 Å². The van der Waals surface area contributed by atoms with E-state index in [0.29, 0.717) is 37.4 Å². The van der Waals surface area contributed by atoms with Gasteiger partial charge in [0, 0.05) is 52.1 Å². The fourth-order valence-corrected chi connectivity index (χ4v) is 4.41. The quantitative estimate of drug-likeness (QED) is 0.571. The van der Waals surface area contributed by atoms with Gasteiger partial charge in [0.15, 0.2) is 0 Å². The minimum Gasteiger partial charge on any atom is -0.378 e. The maximum Gasteiger partial charge on any atom is 0.251 e. The molecular weight excluding hydrogens is 474 g/mol. The smallest absolute Gasteiger partial charge is 0.251 e. The van der Waals surface area contributed by atoms with Gasteiger partial charge >= 0.3 is 0 Å². The van der Waals surface area contributed by atoms with Crippen molar-refractivity contribution in [2.45, 2.75) is 39.2 Å². The minimum absolute atomic E-state index is 0.0760. The second-order valence-electron chi connectivity index (χ2n) is 9.08. The number of nitrogens with zero attached hydrogens (tertiary/aromatic N) is 4. The molecule has 36 heavy (non-hydrogen) atoms. The van der Waals surface area contributed by atoms with E-state index in [2.05, 4.69) is 5.32 Å². The summed E-state index contributed by atoms with van der Waals surface area (Å²) in [6, 6.07) is 5.39. The molecule has 2 heterocycles. The summed E-state index contributed by atoms with van der Waals surface area (Å²) in [5.74, 6) is -1.17. The molecule has 1 N–H and O–H groups in total. The van der Waals surface area contributed by atoms with Crippen LogP contribution in [-0.4, -0.2) is 72.8 Å². The highest BCUT2D eigenvalue weighted by atomic mass is 19.3. The lowest BCUT2D eigenvalue weighted by Crippen LogP contribution is -2.50. The maximum atomic E-state index is 15.9. The summed E-state index contributed by atoms with van der Waals surface area (Å²) in [5.41, 5.74) is 2.03. The second kappa shape index (κ2) is 12.1. The van der Waals surface area contributed by atoms with Crippen LogP contribution in [0, 0.1) is 17.1 Å². The van der Waals surface area contributed by atoms with E-state index in [1.54, 1.807) is 15.9 Å². The number of amides is 1. The Morgan fingerprint density at radius 2 is 1.86 bits per heavy atom. The van der Waals surface area contributed by atoms with E-state index in [4.69, 9.17) is 0 Å². The highest BCUT2D eigenvalue weighted by Gasteiger charge is 2.29. The van der Waals surface area contributed by atoms with Gasteiger partial charge in [-0.05, 0) is 37.6 Å². The molecule has 1 saturated heterocycles. The van der Waals surface area contributed by atoms with E-state index >= 15 is 4.39 Å². The number of nitriles is 1. The van der Waals surface area contributed by atoms with E-state index in [9.17, 15) is 23.2 Å². The van der Waals surface area contributed by atoms with Crippen LogP contribution >= 0.6 is 0 Å². The summed E-state index contributed by atoms with van der Waals surface area (Å²) < 4.78 is 55.0. The van der Waals surface area contributed by atoms with Crippen LogP contribution in [0.1, 0.15) is 32.3 Å². The fraction of sp³-hybridized carbons (Fsp3) is 0.462. The summed E-state index contributed by atoms with van der Waals surface area (Å²) in [4.78, 5) is 17.5. The zero-order chi connectivity index (χ0) is 26.4. The Hall–Kier alpha value is -3.32. The lowest BCUT2D eigenvalue weighted by molar-refractivity contribution is -0.128. The number of carbonyl (C=O) groups excluding carboxylic acids is 1. The van der Waals surface area contributed by atoms with Gasteiger partial charge in [0.1, 0.15) is 23.5 Å². The zero-order valence-corrected chi connectivity index (χ0v) is 20.7. The number of carbonyl (C=O) groups is 1. The zero-order valence-electron chi connectivity index (χ0n) is 20.7. The van der Waals surface area contributed by atoms with Crippen molar-refractivity contribution in [3.05, 3.63) is 64.5 Å². The third kappa shape index (κ3) is 6.88. The molecule has 0 aliphatic carbocycles. The van der Waals surface area contributed by atoms with Crippen molar-refractivity contribution in [1.82, 2.24) is 14.7 Å². The van der Waals surface area contributed by atoms with Crippen molar-refractivity contribution in [2.24, 2.45) is 0 Å². The molecule has 6 nitrogen and oxygen atoms in total. The molecule has 194 valence electrons. The normalized spacial score (nSPS) is 24.0. The molecule has 0 spiro atoms. The van der Waals surface area contributed by atoms with Gasteiger partial charge in [-0.15, -0.1) is 0 Å². The van der Waals surface area contributed by atoms with Crippen LogP contribution in [0.3, 0.4) is 0 Å². The second-order valence-corrected chi connectivity index (χ2v) is 9.08. The van der Waals surface area contributed by atoms with E-state index in [1.165, 1.54) is 24.1 Å². The van der Waals surface area contributed by atoms with Crippen LogP contribution in [0.2, 0.25) is 0 Å². The molecule has 0 unspecified atom stereocenters. The molecule has 1 aromatic carbocycles. The van der Waals surface area contributed by atoms with Crippen LogP contribution < -0.4 is 5.32 Å². The Labute approximate surface area is 209 Å². The van der Waals surface area contributed by atoms with Crippen molar-refractivity contribution < 1.29 is 22.4 Å². The molecule has 2 aliphatic rings. The number of hydrogen-bond acceptors (Lipinski definition) is 5. The number of allylic oxidation sites excluding steroid dienone is 3. The summed E-state index contributed by atoms with van der Waals surface area (Å²) in [7, 11) is 1.52. The summed E-state index contributed by atoms with van der Waals surface area (Å²) >= 11 is 0. The van der Waals surface area contributed by atoms with E-state index < -0.39 is 24.1 Å². The monoisotopic (exact) mass is 505 g/mol. The molecule has 3 rings (SSSR count). The molecule has 1 atom stereocenters. The first kappa shape index (κ1) is 27.3. The van der Waals surface area contributed by atoms with Crippen LogP contribution in [0.5, 0.6) is 0 Å². The Kier molecular flexibility index (Phi) is 9.15. The molecule has 0 aromatic heterocycles. The van der Waals surface area contributed by atoms with Crippen LogP contribution in [0.4, 0.5) is 23.2 Å². The highest BCUT2D eigenvalue weighted by molar-refractivity contribution is 5.79. The van der Waals surface area contributed by atoms with E-state index in [1.807, 2.05) is 26.0 Å². The van der Waals surface area contributed by atoms with Crippen molar-refractivity contribution >= 4 is 11.6 Å². The minimum atomic E-state index is -2.44. The predicted molar refractivity (Wildman–Crippen MR) is 130 cm³/mol. The van der Waals surface area contributed by atoms with Crippen LogP contribution in [0.15, 0.2) is 53.1 Å². The molecule has 0 saturated carbocycles. The average Bonchev–Trinajstić information content (AvgIpc) is 2.83. The van der Waals surface area contributed by atoms with E-state index in [0.717, 1.165) is 11.6 Å². The topological polar surface area (TPSA) is 62.6 Å². The molecule has 0 bridgehead atoms. The molecule has 10 heteroatoms. The Balaban J connectivity index is 1.90. The summed E-state index contributed by atoms with van der Waals surface area (Å²) in [6.07, 6.45) is 1.11. The van der Waals surface area contributed by atoms with Gasteiger partial charge in [-0.3, -0.25) is 14.6 Å². The highest BCUT2D eigenvalue weighted by Crippen LogP contribution is 2.29. The van der Waals surface area contributed by atoms with E-state index in [-0.39, 0.29) is 36.7 Å².